The van der Waals surface area contributed by atoms with E-state index in [0.717, 1.165) is 5.56 Å². The fraction of sp³-hybridized carbons (Fsp3) is 0.429. The molecule has 1 N–H and O–H groups in total. The first-order valence-electron chi connectivity index (χ1n) is 7.17. The van der Waals surface area contributed by atoms with Crippen LogP contribution >= 0.6 is 0 Å². The summed E-state index contributed by atoms with van der Waals surface area (Å²) in [4.78, 5) is 22.3. The van der Waals surface area contributed by atoms with Crippen LogP contribution in [0.4, 0.5) is 4.79 Å². The lowest BCUT2D eigenvalue weighted by molar-refractivity contribution is 0.0190. The van der Waals surface area contributed by atoms with Crippen molar-refractivity contribution in [2.24, 2.45) is 0 Å². The molecule has 0 unspecified atom stereocenters. The molecule has 0 aliphatic carbocycles. The van der Waals surface area contributed by atoms with Crippen LogP contribution in [-0.2, 0) is 11.3 Å². The Morgan fingerprint density at radius 3 is 3.23 bits per heavy atom. The molecule has 1 atom stereocenters. The second kappa shape index (κ2) is 6.52. The topological polar surface area (TPSA) is 85.2 Å². The van der Waals surface area contributed by atoms with Gasteiger partial charge in [-0.25, -0.2) is 19.4 Å². The molecule has 0 spiro atoms. The predicted octanol–water partition coefficient (Wildman–Crippen LogP) is 0.593. The number of nitrogens with one attached hydrogen (secondary N) is 1. The molecule has 116 valence electrons. The fourth-order valence-corrected chi connectivity index (χ4v) is 2.39. The quantitative estimate of drug-likeness (QED) is 0.897. The van der Waals surface area contributed by atoms with Gasteiger partial charge in [-0.3, -0.25) is 0 Å². The van der Waals surface area contributed by atoms with Crippen molar-refractivity contribution in [3.05, 3.63) is 36.5 Å². The minimum atomic E-state index is -0.0933. The first-order valence-corrected chi connectivity index (χ1v) is 7.17. The number of urea groups is 1. The smallest absolute Gasteiger partial charge is 0.318 e. The van der Waals surface area contributed by atoms with Crippen molar-refractivity contribution in [1.29, 1.82) is 0 Å². The Balaban J connectivity index is 1.68. The maximum absolute atomic E-state index is 12.3. The average Bonchev–Trinajstić information content (AvgIpc) is 3.07. The van der Waals surface area contributed by atoms with Crippen LogP contribution in [0.1, 0.15) is 12.5 Å². The highest BCUT2D eigenvalue weighted by Crippen LogP contribution is 2.10. The van der Waals surface area contributed by atoms with Crippen molar-refractivity contribution in [1.82, 2.24) is 30.0 Å². The molecule has 1 aliphatic heterocycles. The summed E-state index contributed by atoms with van der Waals surface area (Å²) >= 11 is 0. The standard InChI is InChI=1S/C14H18N6O2/c1-11-8-22-6-5-19(11)14(21)17-7-12-3-2-4-16-13(12)20-10-15-9-18-20/h2-4,9-11H,5-8H2,1H3,(H,17,21)/t11-/m0/s1. The number of aromatic nitrogens is 4. The highest BCUT2D eigenvalue weighted by Gasteiger charge is 2.23. The lowest BCUT2D eigenvalue weighted by atomic mass is 10.2. The summed E-state index contributed by atoms with van der Waals surface area (Å²) in [6, 6.07) is 3.73. The van der Waals surface area contributed by atoms with E-state index in [1.165, 1.54) is 6.33 Å². The van der Waals surface area contributed by atoms with Gasteiger partial charge in [0.1, 0.15) is 12.7 Å². The third-order valence-electron chi connectivity index (χ3n) is 3.56. The Labute approximate surface area is 128 Å². The summed E-state index contributed by atoms with van der Waals surface area (Å²) in [5.41, 5.74) is 0.877. The van der Waals surface area contributed by atoms with E-state index in [-0.39, 0.29) is 12.1 Å². The Morgan fingerprint density at radius 1 is 1.55 bits per heavy atom. The number of hydrogen-bond acceptors (Lipinski definition) is 5. The van der Waals surface area contributed by atoms with E-state index in [1.54, 1.807) is 22.1 Å². The zero-order chi connectivity index (χ0) is 15.4. The van der Waals surface area contributed by atoms with Crippen LogP contribution in [0.5, 0.6) is 0 Å². The number of ether oxygens (including phenoxy) is 1. The third-order valence-corrected chi connectivity index (χ3v) is 3.56. The summed E-state index contributed by atoms with van der Waals surface area (Å²) < 4.78 is 6.92. The van der Waals surface area contributed by atoms with Crippen LogP contribution in [0.3, 0.4) is 0 Å². The fourth-order valence-electron chi connectivity index (χ4n) is 2.39. The highest BCUT2D eigenvalue weighted by molar-refractivity contribution is 5.74. The van der Waals surface area contributed by atoms with Gasteiger partial charge in [0.05, 0.1) is 19.3 Å². The van der Waals surface area contributed by atoms with Gasteiger partial charge in [-0.2, -0.15) is 5.10 Å². The van der Waals surface area contributed by atoms with Crippen molar-refractivity contribution in [3.63, 3.8) is 0 Å². The van der Waals surface area contributed by atoms with Crippen molar-refractivity contribution in [2.75, 3.05) is 19.8 Å². The second-order valence-electron chi connectivity index (χ2n) is 5.10. The molecule has 3 heterocycles. The molecule has 0 bridgehead atoms. The minimum Gasteiger partial charge on any atom is -0.377 e. The lowest BCUT2D eigenvalue weighted by Gasteiger charge is -2.33. The van der Waals surface area contributed by atoms with Gasteiger partial charge in [-0.05, 0) is 13.0 Å². The van der Waals surface area contributed by atoms with Crippen LogP contribution in [-0.4, -0.2) is 56.5 Å². The van der Waals surface area contributed by atoms with Crippen LogP contribution in [0, 0.1) is 0 Å². The van der Waals surface area contributed by atoms with E-state index >= 15 is 0 Å². The van der Waals surface area contributed by atoms with E-state index in [0.29, 0.717) is 32.1 Å². The summed E-state index contributed by atoms with van der Waals surface area (Å²) in [6.45, 7) is 4.12. The molecule has 8 nitrogen and oxygen atoms in total. The van der Waals surface area contributed by atoms with Crippen molar-refractivity contribution >= 4 is 6.03 Å². The van der Waals surface area contributed by atoms with Gasteiger partial charge in [0.2, 0.25) is 0 Å². The summed E-state index contributed by atoms with van der Waals surface area (Å²) in [6.07, 6.45) is 4.72. The minimum absolute atomic E-state index is 0.0810. The van der Waals surface area contributed by atoms with E-state index in [9.17, 15) is 4.79 Å². The number of morpholine rings is 1. The summed E-state index contributed by atoms with van der Waals surface area (Å²) in [7, 11) is 0. The molecule has 3 rings (SSSR count). The predicted molar refractivity (Wildman–Crippen MR) is 78.4 cm³/mol. The number of pyridine rings is 1. The largest absolute Gasteiger partial charge is 0.377 e. The lowest BCUT2D eigenvalue weighted by Crippen LogP contribution is -2.51. The van der Waals surface area contributed by atoms with Crippen LogP contribution in [0.2, 0.25) is 0 Å². The Hall–Kier alpha value is -2.48. The van der Waals surface area contributed by atoms with E-state index < -0.39 is 0 Å². The van der Waals surface area contributed by atoms with E-state index in [2.05, 4.69) is 20.4 Å². The molecule has 0 radical (unpaired) electrons. The van der Waals surface area contributed by atoms with Gasteiger partial charge >= 0.3 is 6.03 Å². The number of hydrogen-bond donors (Lipinski definition) is 1. The molecule has 22 heavy (non-hydrogen) atoms. The maximum Gasteiger partial charge on any atom is 0.318 e. The molecule has 0 saturated carbocycles. The Bertz CT molecular complexity index is 630. The van der Waals surface area contributed by atoms with E-state index in [4.69, 9.17) is 4.74 Å². The average molecular weight is 302 g/mol. The van der Waals surface area contributed by atoms with Gasteiger partial charge in [0.25, 0.3) is 0 Å². The van der Waals surface area contributed by atoms with Gasteiger partial charge in [-0.15, -0.1) is 0 Å². The number of carbonyl (C=O) groups is 1. The van der Waals surface area contributed by atoms with Gasteiger partial charge in [0.15, 0.2) is 5.82 Å². The van der Waals surface area contributed by atoms with Crippen molar-refractivity contribution < 1.29 is 9.53 Å². The van der Waals surface area contributed by atoms with Crippen LogP contribution in [0.25, 0.3) is 5.82 Å². The maximum atomic E-state index is 12.3. The molecule has 2 amide bonds. The SMILES string of the molecule is C[C@H]1COCCN1C(=O)NCc1cccnc1-n1cncn1. The van der Waals surface area contributed by atoms with Crippen LogP contribution < -0.4 is 5.32 Å². The third kappa shape index (κ3) is 3.06. The zero-order valence-electron chi connectivity index (χ0n) is 12.3. The second-order valence-corrected chi connectivity index (χ2v) is 5.10. The molecule has 1 aliphatic rings. The molecule has 0 aromatic carbocycles. The van der Waals surface area contributed by atoms with Crippen LogP contribution in [0.15, 0.2) is 31.0 Å². The van der Waals surface area contributed by atoms with Gasteiger partial charge < -0.3 is 15.0 Å². The van der Waals surface area contributed by atoms with Crippen molar-refractivity contribution in [3.8, 4) is 5.82 Å². The van der Waals surface area contributed by atoms with Crippen molar-refractivity contribution in [2.45, 2.75) is 19.5 Å². The Morgan fingerprint density at radius 2 is 2.45 bits per heavy atom. The summed E-state index contributed by atoms with van der Waals surface area (Å²) in [5.74, 6) is 0.662. The number of rotatable bonds is 3. The molecule has 2 aromatic heterocycles. The number of carbonyl (C=O) groups excluding carboxylic acids is 1. The molecule has 2 aromatic rings. The number of nitrogens with zero attached hydrogens (tertiary/aromatic N) is 5. The molecular weight excluding hydrogens is 284 g/mol. The highest BCUT2D eigenvalue weighted by atomic mass is 16.5. The summed E-state index contributed by atoms with van der Waals surface area (Å²) in [5, 5.41) is 7.01. The normalized spacial score (nSPS) is 18.2. The molecule has 1 fully saturated rings. The van der Waals surface area contributed by atoms with E-state index in [1.807, 2.05) is 19.1 Å². The number of amides is 2. The molecule has 1 saturated heterocycles. The monoisotopic (exact) mass is 302 g/mol. The Kier molecular flexibility index (Phi) is 4.29. The van der Waals surface area contributed by atoms with Gasteiger partial charge in [-0.1, -0.05) is 6.07 Å². The molecule has 8 heteroatoms. The first-order chi connectivity index (χ1) is 10.8. The molecular formula is C14H18N6O2. The first kappa shape index (κ1) is 14.5. The van der Waals surface area contributed by atoms with Gasteiger partial charge in [0, 0.05) is 24.8 Å². The zero-order valence-corrected chi connectivity index (χ0v) is 12.3.